The first kappa shape index (κ1) is 12.7. The molecule has 0 bridgehead atoms. The maximum atomic E-state index is 6.15. The summed E-state index contributed by atoms with van der Waals surface area (Å²) in [5, 5.41) is 0. The van der Waals surface area contributed by atoms with Crippen LogP contribution in [0.25, 0.3) is 0 Å². The second kappa shape index (κ2) is 5.23. The minimum Gasteiger partial charge on any atom is -0.468 e. The molecule has 17 heavy (non-hydrogen) atoms. The van der Waals surface area contributed by atoms with Gasteiger partial charge in [-0.25, -0.2) is 0 Å². The largest absolute Gasteiger partial charge is 0.468 e. The zero-order valence-corrected chi connectivity index (χ0v) is 11.1. The highest BCUT2D eigenvalue weighted by molar-refractivity contribution is 5.08. The number of rotatable bonds is 3. The molecule has 1 aromatic rings. The molecule has 0 spiro atoms. The average molecular weight is 236 g/mol. The highest BCUT2D eigenvalue weighted by atomic mass is 16.3. The van der Waals surface area contributed by atoms with Crippen LogP contribution in [0.15, 0.2) is 22.8 Å². The van der Waals surface area contributed by atoms with E-state index in [1.807, 2.05) is 12.1 Å². The van der Waals surface area contributed by atoms with Crippen LogP contribution in [0.4, 0.5) is 0 Å². The van der Waals surface area contributed by atoms with Gasteiger partial charge >= 0.3 is 0 Å². The van der Waals surface area contributed by atoms with Gasteiger partial charge in [-0.05, 0) is 37.3 Å². The minimum atomic E-state index is 0.0960. The SMILES string of the molecule is CC1CC(C)CN(C(c2ccco2)C(C)N)C1. The monoisotopic (exact) mass is 236 g/mol. The Balaban J connectivity index is 2.16. The molecule has 0 aromatic carbocycles. The standard InChI is InChI=1S/C14H24N2O/c1-10-7-11(2)9-16(8-10)14(12(3)15)13-5-4-6-17-13/h4-6,10-12,14H,7-9,15H2,1-3H3. The van der Waals surface area contributed by atoms with Crippen LogP contribution in [0.5, 0.6) is 0 Å². The number of piperidine rings is 1. The first-order valence-electron chi connectivity index (χ1n) is 6.61. The Labute approximate surface area is 104 Å². The number of nitrogens with two attached hydrogens (primary N) is 1. The quantitative estimate of drug-likeness (QED) is 0.877. The van der Waals surface area contributed by atoms with E-state index in [0.717, 1.165) is 30.7 Å². The average Bonchev–Trinajstić information content (AvgIpc) is 2.68. The Bertz CT molecular complexity index is 324. The number of hydrogen-bond donors (Lipinski definition) is 1. The molecule has 1 saturated heterocycles. The molecule has 0 saturated carbocycles. The Morgan fingerprint density at radius 2 is 2.00 bits per heavy atom. The molecule has 4 atom stereocenters. The zero-order chi connectivity index (χ0) is 12.4. The fraction of sp³-hybridized carbons (Fsp3) is 0.714. The van der Waals surface area contributed by atoms with Crippen LogP contribution in [0, 0.1) is 11.8 Å². The lowest BCUT2D eigenvalue weighted by atomic mass is 9.89. The molecule has 1 aliphatic heterocycles. The third-order valence-corrected chi connectivity index (χ3v) is 3.62. The molecule has 0 radical (unpaired) electrons. The molecular weight excluding hydrogens is 212 g/mol. The predicted molar refractivity (Wildman–Crippen MR) is 69.6 cm³/mol. The first-order chi connectivity index (χ1) is 8.08. The van der Waals surface area contributed by atoms with Gasteiger partial charge in [0.15, 0.2) is 0 Å². The number of hydrogen-bond acceptors (Lipinski definition) is 3. The number of likely N-dealkylation sites (tertiary alicyclic amines) is 1. The van der Waals surface area contributed by atoms with E-state index in [1.165, 1.54) is 6.42 Å². The summed E-state index contributed by atoms with van der Waals surface area (Å²) in [6, 6.07) is 4.30. The summed E-state index contributed by atoms with van der Waals surface area (Å²) < 4.78 is 5.56. The van der Waals surface area contributed by atoms with Crippen molar-refractivity contribution >= 4 is 0 Å². The van der Waals surface area contributed by atoms with Gasteiger partial charge in [0.25, 0.3) is 0 Å². The lowest BCUT2D eigenvalue weighted by molar-refractivity contribution is 0.0736. The molecule has 1 fully saturated rings. The van der Waals surface area contributed by atoms with Crippen molar-refractivity contribution in [2.75, 3.05) is 13.1 Å². The van der Waals surface area contributed by atoms with Gasteiger partial charge in [0.2, 0.25) is 0 Å². The Hall–Kier alpha value is -0.800. The van der Waals surface area contributed by atoms with E-state index in [4.69, 9.17) is 10.2 Å². The molecule has 4 unspecified atom stereocenters. The lowest BCUT2D eigenvalue weighted by Crippen LogP contribution is -2.46. The van der Waals surface area contributed by atoms with E-state index in [1.54, 1.807) is 6.26 Å². The molecule has 1 aliphatic rings. The van der Waals surface area contributed by atoms with E-state index >= 15 is 0 Å². The molecule has 2 N–H and O–H groups in total. The summed E-state index contributed by atoms with van der Waals surface area (Å²) in [4.78, 5) is 2.49. The van der Waals surface area contributed by atoms with Crippen molar-refractivity contribution in [3.05, 3.63) is 24.2 Å². The van der Waals surface area contributed by atoms with Gasteiger partial charge in [-0.15, -0.1) is 0 Å². The molecule has 0 amide bonds. The maximum Gasteiger partial charge on any atom is 0.122 e. The van der Waals surface area contributed by atoms with Crippen molar-refractivity contribution in [3.63, 3.8) is 0 Å². The molecule has 0 aliphatic carbocycles. The van der Waals surface area contributed by atoms with E-state index in [-0.39, 0.29) is 12.1 Å². The van der Waals surface area contributed by atoms with Crippen LogP contribution in [0.2, 0.25) is 0 Å². The molecule has 1 aromatic heterocycles. The van der Waals surface area contributed by atoms with Crippen molar-refractivity contribution in [2.24, 2.45) is 17.6 Å². The Morgan fingerprint density at radius 3 is 2.47 bits per heavy atom. The highest BCUT2D eigenvalue weighted by Crippen LogP contribution is 2.31. The highest BCUT2D eigenvalue weighted by Gasteiger charge is 2.31. The summed E-state index contributed by atoms with van der Waals surface area (Å²) >= 11 is 0. The topological polar surface area (TPSA) is 42.4 Å². The molecule has 2 rings (SSSR count). The van der Waals surface area contributed by atoms with Crippen LogP contribution in [-0.2, 0) is 0 Å². The van der Waals surface area contributed by atoms with E-state index < -0.39 is 0 Å². The van der Waals surface area contributed by atoms with Gasteiger partial charge in [0.1, 0.15) is 5.76 Å². The van der Waals surface area contributed by atoms with Crippen LogP contribution in [0.1, 0.15) is 39.0 Å². The van der Waals surface area contributed by atoms with Crippen molar-refractivity contribution in [1.82, 2.24) is 4.90 Å². The third kappa shape index (κ3) is 2.90. The number of furan rings is 1. The third-order valence-electron chi connectivity index (χ3n) is 3.62. The molecule has 3 nitrogen and oxygen atoms in total. The van der Waals surface area contributed by atoms with Crippen LogP contribution in [0.3, 0.4) is 0 Å². The van der Waals surface area contributed by atoms with E-state index in [2.05, 4.69) is 25.7 Å². The van der Waals surface area contributed by atoms with Crippen molar-refractivity contribution in [1.29, 1.82) is 0 Å². The van der Waals surface area contributed by atoms with Gasteiger partial charge in [-0.3, -0.25) is 4.90 Å². The van der Waals surface area contributed by atoms with E-state index in [0.29, 0.717) is 0 Å². The molecular formula is C14H24N2O. The van der Waals surface area contributed by atoms with E-state index in [9.17, 15) is 0 Å². The van der Waals surface area contributed by atoms with Gasteiger partial charge in [0.05, 0.1) is 12.3 Å². The molecule has 96 valence electrons. The summed E-state index contributed by atoms with van der Waals surface area (Å²) in [5.74, 6) is 2.49. The molecule has 2 heterocycles. The summed E-state index contributed by atoms with van der Waals surface area (Å²) in [5.41, 5.74) is 6.15. The predicted octanol–water partition coefficient (Wildman–Crippen LogP) is 2.65. The maximum absolute atomic E-state index is 6.15. The summed E-state index contributed by atoms with van der Waals surface area (Å²) in [6.45, 7) is 8.96. The van der Waals surface area contributed by atoms with Crippen LogP contribution in [-0.4, -0.2) is 24.0 Å². The van der Waals surface area contributed by atoms with Crippen molar-refractivity contribution in [2.45, 2.75) is 39.3 Å². The lowest BCUT2D eigenvalue weighted by Gasteiger charge is -2.40. The summed E-state index contributed by atoms with van der Waals surface area (Å²) in [6.07, 6.45) is 3.06. The van der Waals surface area contributed by atoms with Crippen LogP contribution >= 0.6 is 0 Å². The van der Waals surface area contributed by atoms with Gasteiger partial charge < -0.3 is 10.2 Å². The zero-order valence-electron chi connectivity index (χ0n) is 11.1. The second-order valence-electron chi connectivity index (χ2n) is 5.72. The van der Waals surface area contributed by atoms with Crippen molar-refractivity contribution in [3.8, 4) is 0 Å². The fourth-order valence-electron chi connectivity index (χ4n) is 3.17. The van der Waals surface area contributed by atoms with Gasteiger partial charge in [-0.2, -0.15) is 0 Å². The second-order valence-corrected chi connectivity index (χ2v) is 5.72. The first-order valence-corrected chi connectivity index (χ1v) is 6.61. The molecule has 3 heteroatoms. The smallest absolute Gasteiger partial charge is 0.122 e. The number of nitrogens with zero attached hydrogens (tertiary/aromatic N) is 1. The van der Waals surface area contributed by atoms with Crippen LogP contribution < -0.4 is 5.73 Å². The minimum absolute atomic E-state index is 0.0960. The van der Waals surface area contributed by atoms with Gasteiger partial charge in [-0.1, -0.05) is 13.8 Å². The Kier molecular flexibility index (Phi) is 3.89. The summed E-state index contributed by atoms with van der Waals surface area (Å²) in [7, 11) is 0. The fourth-order valence-corrected chi connectivity index (χ4v) is 3.17. The normalized spacial score (nSPS) is 30.1. The van der Waals surface area contributed by atoms with Gasteiger partial charge in [0, 0.05) is 19.1 Å². The van der Waals surface area contributed by atoms with Crippen molar-refractivity contribution < 1.29 is 4.42 Å². The Morgan fingerprint density at radius 1 is 1.35 bits per heavy atom.